The highest BCUT2D eigenvalue weighted by molar-refractivity contribution is 7.80. The van der Waals surface area contributed by atoms with Gasteiger partial charge < -0.3 is 9.88 Å². The molecule has 1 heterocycles. The van der Waals surface area contributed by atoms with Crippen molar-refractivity contribution in [1.82, 2.24) is 9.99 Å². The van der Waals surface area contributed by atoms with E-state index >= 15 is 0 Å². The van der Waals surface area contributed by atoms with Crippen LogP contribution >= 0.6 is 35.4 Å². The van der Waals surface area contributed by atoms with Gasteiger partial charge in [0, 0.05) is 27.7 Å². The van der Waals surface area contributed by atoms with Gasteiger partial charge in [0.15, 0.2) is 5.11 Å². The number of benzene rings is 2. The third-order valence-electron chi connectivity index (χ3n) is 4.02. The first-order valence-corrected chi connectivity index (χ1v) is 9.41. The van der Waals surface area contributed by atoms with E-state index in [0.717, 1.165) is 28.3 Å². The van der Waals surface area contributed by atoms with Gasteiger partial charge in [-0.3, -0.25) is 5.43 Å². The van der Waals surface area contributed by atoms with E-state index in [2.05, 4.69) is 20.4 Å². The van der Waals surface area contributed by atoms with Crippen molar-refractivity contribution in [3.05, 3.63) is 81.6 Å². The Morgan fingerprint density at radius 2 is 1.81 bits per heavy atom. The van der Waals surface area contributed by atoms with E-state index in [0.29, 0.717) is 15.2 Å². The molecular formula is C20H18Cl2N4S. The summed E-state index contributed by atoms with van der Waals surface area (Å²) in [6.45, 7) is 4.02. The summed E-state index contributed by atoms with van der Waals surface area (Å²) in [6, 6.07) is 17.1. The maximum atomic E-state index is 6.36. The van der Waals surface area contributed by atoms with Crippen LogP contribution in [0.3, 0.4) is 0 Å². The number of halogens is 2. The van der Waals surface area contributed by atoms with Crippen LogP contribution < -0.4 is 10.7 Å². The van der Waals surface area contributed by atoms with Crippen LogP contribution in [0.1, 0.15) is 17.0 Å². The maximum absolute atomic E-state index is 6.36. The van der Waals surface area contributed by atoms with E-state index in [1.807, 2.05) is 56.3 Å². The van der Waals surface area contributed by atoms with Crippen LogP contribution in [0.4, 0.5) is 5.69 Å². The number of rotatable bonds is 4. The Hall–Kier alpha value is -2.34. The zero-order valence-corrected chi connectivity index (χ0v) is 17.2. The van der Waals surface area contributed by atoms with Gasteiger partial charge in [-0.25, -0.2) is 0 Å². The molecule has 0 saturated carbocycles. The molecule has 0 aliphatic rings. The predicted molar refractivity (Wildman–Crippen MR) is 119 cm³/mol. The molecule has 0 atom stereocenters. The predicted octanol–water partition coefficient (Wildman–Crippen LogP) is 5.72. The number of nitrogens with one attached hydrogen (secondary N) is 2. The third-order valence-corrected chi connectivity index (χ3v) is 4.77. The highest BCUT2D eigenvalue weighted by Gasteiger charge is 2.12. The molecular weight excluding hydrogens is 399 g/mol. The van der Waals surface area contributed by atoms with Gasteiger partial charge in [0.05, 0.1) is 16.9 Å². The van der Waals surface area contributed by atoms with Crippen molar-refractivity contribution in [3.8, 4) is 5.69 Å². The minimum Gasteiger partial charge on any atom is -0.331 e. The zero-order chi connectivity index (χ0) is 19.4. The van der Waals surface area contributed by atoms with E-state index in [4.69, 9.17) is 35.4 Å². The minimum absolute atomic E-state index is 0.421. The van der Waals surface area contributed by atoms with E-state index in [1.165, 1.54) is 0 Å². The fourth-order valence-electron chi connectivity index (χ4n) is 2.79. The highest BCUT2D eigenvalue weighted by Crippen LogP contribution is 2.28. The van der Waals surface area contributed by atoms with Gasteiger partial charge in [-0.05, 0) is 62.5 Å². The molecule has 7 heteroatoms. The van der Waals surface area contributed by atoms with Crippen LogP contribution in [0, 0.1) is 13.8 Å². The molecule has 3 aromatic rings. The molecule has 0 bridgehead atoms. The Labute approximate surface area is 173 Å². The number of nitrogens with zero attached hydrogens (tertiary/aromatic N) is 2. The number of hydrogen-bond acceptors (Lipinski definition) is 2. The highest BCUT2D eigenvalue weighted by atomic mass is 35.5. The number of aromatic nitrogens is 1. The summed E-state index contributed by atoms with van der Waals surface area (Å²) < 4.78 is 2.05. The van der Waals surface area contributed by atoms with Gasteiger partial charge >= 0.3 is 0 Å². The van der Waals surface area contributed by atoms with Crippen molar-refractivity contribution in [2.75, 3.05) is 5.32 Å². The topological polar surface area (TPSA) is 41.4 Å². The van der Waals surface area contributed by atoms with Crippen molar-refractivity contribution in [1.29, 1.82) is 0 Å². The molecule has 0 aliphatic carbocycles. The normalized spacial score (nSPS) is 11.0. The first-order valence-electron chi connectivity index (χ1n) is 8.25. The molecule has 27 heavy (non-hydrogen) atoms. The van der Waals surface area contributed by atoms with Crippen molar-refractivity contribution in [2.24, 2.45) is 5.10 Å². The maximum Gasteiger partial charge on any atom is 0.191 e. The fraction of sp³-hybridized carbons (Fsp3) is 0.100. The smallest absolute Gasteiger partial charge is 0.191 e. The Bertz CT molecular complexity index is 997. The zero-order valence-electron chi connectivity index (χ0n) is 14.8. The standard InChI is InChI=1S/C20H18Cl2N4S/c1-13-10-15(12-23-25-20(27)24-17-6-4-3-5-7-17)14(2)26(13)19-11-16(21)8-9-18(19)22/h3-12H,1-2H3,(H2,24,25,27)/b23-12-. The average Bonchev–Trinajstić information content (AvgIpc) is 2.92. The van der Waals surface area contributed by atoms with Crippen LogP contribution in [0.25, 0.3) is 5.69 Å². The molecule has 2 aromatic carbocycles. The minimum atomic E-state index is 0.421. The van der Waals surface area contributed by atoms with Gasteiger partial charge in [0.2, 0.25) is 0 Å². The summed E-state index contributed by atoms with van der Waals surface area (Å²) in [5.41, 5.74) is 7.56. The van der Waals surface area contributed by atoms with Gasteiger partial charge in [0.25, 0.3) is 0 Å². The number of thiocarbonyl (C=S) groups is 1. The summed E-state index contributed by atoms with van der Waals surface area (Å²) in [7, 11) is 0. The molecule has 138 valence electrons. The van der Waals surface area contributed by atoms with Crippen LogP contribution in [-0.2, 0) is 0 Å². The molecule has 3 rings (SSSR count). The van der Waals surface area contributed by atoms with Crippen molar-refractivity contribution < 1.29 is 0 Å². The van der Waals surface area contributed by atoms with E-state index < -0.39 is 0 Å². The lowest BCUT2D eigenvalue weighted by atomic mass is 10.2. The molecule has 2 N–H and O–H groups in total. The third kappa shape index (κ3) is 4.69. The van der Waals surface area contributed by atoms with Gasteiger partial charge in [0.1, 0.15) is 0 Å². The summed E-state index contributed by atoms with van der Waals surface area (Å²) in [5, 5.41) is 8.99. The summed E-state index contributed by atoms with van der Waals surface area (Å²) in [6.07, 6.45) is 1.73. The SMILES string of the molecule is Cc1cc(/C=N\NC(=S)Nc2ccccc2)c(C)n1-c1cc(Cl)ccc1Cl. The number of aryl methyl sites for hydroxylation is 1. The second-order valence-corrected chi connectivity index (χ2v) is 7.20. The number of para-hydroxylation sites is 1. The van der Waals surface area contributed by atoms with Crippen molar-refractivity contribution in [2.45, 2.75) is 13.8 Å². The first-order chi connectivity index (χ1) is 13.0. The van der Waals surface area contributed by atoms with Crippen LogP contribution in [-0.4, -0.2) is 15.9 Å². The molecule has 0 unspecified atom stereocenters. The molecule has 0 spiro atoms. The molecule has 0 saturated heterocycles. The monoisotopic (exact) mass is 416 g/mol. The van der Waals surface area contributed by atoms with Crippen molar-refractivity contribution >= 4 is 52.4 Å². The van der Waals surface area contributed by atoms with Crippen LogP contribution in [0.2, 0.25) is 10.0 Å². The van der Waals surface area contributed by atoms with Crippen molar-refractivity contribution in [3.63, 3.8) is 0 Å². The Kier molecular flexibility index (Phi) is 6.16. The van der Waals surface area contributed by atoms with E-state index in [1.54, 1.807) is 18.3 Å². The lowest BCUT2D eigenvalue weighted by molar-refractivity contribution is 0.964. The molecule has 0 aliphatic heterocycles. The first kappa shape index (κ1) is 19.4. The summed E-state index contributed by atoms with van der Waals surface area (Å²) in [4.78, 5) is 0. The van der Waals surface area contributed by atoms with E-state index in [-0.39, 0.29) is 0 Å². The van der Waals surface area contributed by atoms with E-state index in [9.17, 15) is 0 Å². The lowest BCUT2D eigenvalue weighted by Crippen LogP contribution is -2.23. The van der Waals surface area contributed by atoms with Crippen LogP contribution in [0.15, 0.2) is 59.7 Å². The van der Waals surface area contributed by atoms with Gasteiger partial charge in [-0.2, -0.15) is 5.10 Å². The average molecular weight is 417 g/mol. The summed E-state index contributed by atoms with van der Waals surface area (Å²) in [5.74, 6) is 0. The van der Waals surface area contributed by atoms with Gasteiger partial charge in [-0.1, -0.05) is 41.4 Å². The molecule has 4 nitrogen and oxygen atoms in total. The Balaban J connectivity index is 1.75. The largest absolute Gasteiger partial charge is 0.331 e. The Morgan fingerprint density at radius 1 is 1.07 bits per heavy atom. The Morgan fingerprint density at radius 3 is 2.56 bits per heavy atom. The number of anilines is 1. The molecule has 0 amide bonds. The summed E-state index contributed by atoms with van der Waals surface area (Å²) >= 11 is 17.7. The number of hydrogen-bond donors (Lipinski definition) is 2. The quantitative estimate of drug-likeness (QED) is 0.324. The molecule has 1 aromatic heterocycles. The second-order valence-electron chi connectivity index (χ2n) is 5.95. The molecule has 0 fully saturated rings. The number of hydrazone groups is 1. The van der Waals surface area contributed by atoms with Crippen LogP contribution in [0.5, 0.6) is 0 Å². The lowest BCUT2D eigenvalue weighted by Gasteiger charge is -2.12. The van der Waals surface area contributed by atoms with Gasteiger partial charge in [-0.15, -0.1) is 0 Å². The molecule has 0 radical (unpaired) electrons. The second kappa shape index (κ2) is 8.57. The fourth-order valence-corrected chi connectivity index (χ4v) is 3.33.